The minimum atomic E-state index is 0.807. The third-order valence-electron chi connectivity index (χ3n) is 2.24. The number of nitrogens with one attached hydrogen (secondary N) is 1. The highest BCUT2D eigenvalue weighted by atomic mass is 15.3. The molecule has 0 aliphatic rings. The van der Waals surface area contributed by atoms with Gasteiger partial charge in [-0.25, -0.2) is 9.67 Å². The Kier molecular flexibility index (Phi) is 5.28. The lowest BCUT2D eigenvalue weighted by atomic mass is 10.4. The number of hydrogen-bond donors (Lipinski definition) is 1. The van der Waals surface area contributed by atoms with Crippen LogP contribution in [0.15, 0.2) is 6.33 Å². The van der Waals surface area contributed by atoms with Crippen molar-refractivity contribution in [1.82, 2.24) is 25.0 Å². The first-order valence-corrected chi connectivity index (χ1v) is 5.46. The normalized spacial score (nSPS) is 11.2. The van der Waals surface area contributed by atoms with Gasteiger partial charge >= 0.3 is 0 Å². The Hall–Kier alpha value is -0.940. The largest absolute Gasteiger partial charge is 0.310 e. The van der Waals surface area contributed by atoms with E-state index in [9.17, 15) is 0 Å². The van der Waals surface area contributed by atoms with E-state index in [0.717, 1.165) is 38.4 Å². The summed E-state index contributed by atoms with van der Waals surface area (Å²) >= 11 is 0. The van der Waals surface area contributed by atoms with Crippen LogP contribution in [0.2, 0.25) is 0 Å². The van der Waals surface area contributed by atoms with Crippen molar-refractivity contribution in [3.05, 3.63) is 12.2 Å². The Balaban J connectivity index is 2.15. The van der Waals surface area contributed by atoms with E-state index in [1.165, 1.54) is 0 Å². The summed E-state index contributed by atoms with van der Waals surface area (Å²) in [6.07, 6.45) is 2.77. The second-order valence-electron chi connectivity index (χ2n) is 3.83. The first-order chi connectivity index (χ1) is 7.24. The quantitative estimate of drug-likeness (QED) is 0.661. The van der Waals surface area contributed by atoms with Gasteiger partial charge in [0.1, 0.15) is 12.2 Å². The van der Waals surface area contributed by atoms with Gasteiger partial charge in [-0.15, -0.1) is 0 Å². The molecule has 1 N–H and O–H groups in total. The van der Waals surface area contributed by atoms with Crippen molar-refractivity contribution in [3.63, 3.8) is 0 Å². The maximum atomic E-state index is 4.20. The Labute approximate surface area is 91.5 Å². The molecule has 0 aliphatic heterocycles. The predicted molar refractivity (Wildman–Crippen MR) is 60.6 cm³/mol. The van der Waals surface area contributed by atoms with Crippen LogP contribution >= 0.6 is 0 Å². The molecule has 1 heterocycles. The summed E-state index contributed by atoms with van der Waals surface area (Å²) in [7, 11) is 4.18. The first kappa shape index (κ1) is 12.1. The maximum absolute atomic E-state index is 4.20. The summed E-state index contributed by atoms with van der Waals surface area (Å²) in [4.78, 5) is 6.39. The zero-order valence-corrected chi connectivity index (χ0v) is 9.90. The third-order valence-corrected chi connectivity index (χ3v) is 2.24. The van der Waals surface area contributed by atoms with Gasteiger partial charge in [0.15, 0.2) is 0 Å². The van der Waals surface area contributed by atoms with Gasteiger partial charge in [-0.2, -0.15) is 5.10 Å². The van der Waals surface area contributed by atoms with Crippen molar-refractivity contribution >= 4 is 0 Å². The molecule has 1 aromatic rings. The summed E-state index contributed by atoms with van der Waals surface area (Å²) in [6.45, 7) is 5.91. The van der Waals surface area contributed by atoms with Gasteiger partial charge in [-0.1, -0.05) is 0 Å². The molecular formula is C10H21N5. The zero-order valence-electron chi connectivity index (χ0n) is 9.90. The number of nitrogens with zero attached hydrogens (tertiary/aromatic N) is 4. The van der Waals surface area contributed by atoms with Gasteiger partial charge < -0.3 is 10.2 Å². The molecule has 0 unspecified atom stereocenters. The SMILES string of the molecule is CCn1ncnc1CNCCCN(C)C. The number of hydrogen-bond acceptors (Lipinski definition) is 4. The van der Waals surface area contributed by atoms with Crippen LogP contribution in [0.25, 0.3) is 0 Å². The smallest absolute Gasteiger partial charge is 0.140 e. The number of aryl methyl sites for hydroxylation is 1. The van der Waals surface area contributed by atoms with Crippen molar-refractivity contribution in [1.29, 1.82) is 0 Å². The van der Waals surface area contributed by atoms with E-state index in [1.807, 2.05) is 4.68 Å². The van der Waals surface area contributed by atoms with Crippen molar-refractivity contribution in [2.45, 2.75) is 26.4 Å². The molecule has 0 saturated carbocycles. The fraction of sp³-hybridized carbons (Fsp3) is 0.800. The Bertz CT molecular complexity index is 269. The van der Waals surface area contributed by atoms with E-state index in [4.69, 9.17) is 0 Å². The van der Waals surface area contributed by atoms with Crippen LogP contribution in [0.3, 0.4) is 0 Å². The summed E-state index contributed by atoms with van der Waals surface area (Å²) < 4.78 is 1.92. The molecule has 86 valence electrons. The van der Waals surface area contributed by atoms with Gasteiger partial charge in [0.2, 0.25) is 0 Å². The van der Waals surface area contributed by atoms with Crippen molar-refractivity contribution in [2.75, 3.05) is 27.2 Å². The molecule has 5 nitrogen and oxygen atoms in total. The lowest BCUT2D eigenvalue weighted by Gasteiger charge is -2.09. The van der Waals surface area contributed by atoms with Crippen LogP contribution in [0.5, 0.6) is 0 Å². The van der Waals surface area contributed by atoms with Crippen molar-refractivity contribution in [3.8, 4) is 0 Å². The molecule has 5 heteroatoms. The molecular weight excluding hydrogens is 190 g/mol. The average Bonchev–Trinajstić information content (AvgIpc) is 2.64. The Morgan fingerprint density at radius 2 is 2.27 bits per heavy atom. The minimum Gasteiger partial charge on any atom is -0.310 e. The fourth-order valence-electron chi connectivity index (χ4n) is 1.41. The maximum Gasteiger partial charge on any atom is 0.140 e. The number of aromatic nitrogens is 3. The predicted octanol–water partition coefficient (Wildman–Crippen LogP) is 0.339. The van der Waals surface area contributed by atoms with Crippen LogP contribution in [0, 0.1) is 0 Å². The van der Waals surface area contributed by atoms with Gasteiger partial charge in [0, 0.05) is 6.54 Å². The molecule has 0 radical (unpaired) electrons. The molecule has 0 aromatic carbocycles. The molecule has 0 atom stereocenters. The van der Waals surface area contributed by atoms with Gasteiger partial charge in [-0.3, -0.25) is 0 Å². The molecule has 0 bridgehead atoms. The van der Waals surface area contributed by atoms with Crippen LogP contribution in [0.1, 0.15) is 19.2 Å². The highest BCUT2D eigenvalue weighted by molar-refractivity contribution is 4.83. The van der Waals surface area contributed by atoms with E-state index in [0.29, 0.717) is 0 Å². The second-order valence-corrected chi connectivity index (χ2v) is 3.83. The molecule has 0 spiro atoms. The third kappa shape index (κ3) is 4.40. The van der Waals surface area contributed by atoms with Crippen molar-refractivity contribution in [2.24, 2.45) is 0 Å². The highest BCUT2D eigenvalue weighted by Gasteiger charge is 2.00. The molecule has 15 heavy (non-hydrogen) atoms. The topological polar surface area (TPSA) is 46.0 Å². The monoisotopic (exact) mass is 211 g/mol. The Morgan fingerprint density at radius 3 is 2.93 bits per heavy atom. The fourth-order valence-corrected chi connectivity index (χ4v) is 1.41. The molecule has 1 aromatic heterocycles. The molecule has 0 saturated heterocycles. The first-order valence-electron chi connectivity index (χ1n) is 5.46. The van der Waals surface area contributed by atoms with E-state index in [2.05, 4.69) is 41.3 Å². The van der Waals surface area contributed by atoms with Crippen LogP contribution in [-0.4, -0.2) is 46.8 Å². The van der Waals surface area contributed by atoms with E-state index in [-0.39, 0.29) is 0 Å². The summed E-state index contributed by atoms with van der Waals surface area (Å²) in [6, 6.07) is 0. The van der Waals surface area contributed by atoms with Crippen molar-refractivity contribution < 1.29 is 0 Å². The average molecular weight is 211 g/mol. The van der Waals surface area contributed by atoms with Gasteiger partial charge in [0.05, 0.1) is 6.54 Å². The standard InChI is InChI=1S/C10H21N5/c1-4-15-10(12-9-13-15)8-11-6-5-7-14(2)3/h9,11H,4-8H2,1-3H3. The Morgan fingerprint density at radius 1 is 1.47 bits per heavy atom. The number of rotatable bonds is 7. The second kappa shape index (κ2) is 6.53. The highest BCUT2D eigenvalue weighted by Crippen LogP contribution is 1.92. The molecule has 1 rings (SSSR count). The van der Waals surface area contributed by atoms with Gasteiger partial charge in [0.25, 0.3) is 0 Å². The van der Waals surface area contributed by atoms with E-state index >= 15 is 0 Å². The lowest BCUT2D eigenvalue weighted by molar-refractivity contribution is 0.393. The van der Waals surface area contributed by atoms with Crippen LogP contribution < -0.4 is 5.32 Å². The zero-order chi connectivity index (χ0) is 11.1. The minimum absolute atomic E-state index is 0.807. The van der Waals surface area contributed by atoms with E-state index in [1.54, 1.807) is 6.33 Å². The summed E-state index contributed by atoms with van der Waals surface area (Å²) in [5.41, 5.74) is 0. The lowest BCUT2D eigenvalue weighted by Crippen LogP contribution is -2.22. The van der Waals surface area contributed by atoms with Crippen LogP contribution in [-0.2, 0) is 13.1 Å². The summed E-state index contributed by atoms with van der Waals surface area (Å²) in [5.74, 6) is 1.02. The van der Waals surface area contributed by atoms with E-state index < -0.39 is 0 Å². The van der Waals surface area contributed by atoms with Gasteiger partial charge in [-0.05, 0) is 40.5 Å². The molecule has 0 amide bonds. The molecule has 0 fully saturated rings. The summed E-state index contributed by atoms with van der Waals surface area (Å²) in [5, 5.41) is 7.49. The van der Waals surface area contributed by atoms with Crippen LogP contribution in [0.4, 0.5) is 0 Å². The molecule has 0 aliphatic carbocycles.